The van der Waals surface area contributed by atoms with E-state index in [0.717, 1.165) is 0 Å². The van der Waals surface area contributed by atoms with E-state index >= 15 is 0 Å². The molecular weight excluding hydrogens is 430 g/mol. The van der Waals surface area contributed by atoms with E-state index in [1.54, 1.807) is 18.2 Å². The number of carboxylic acids is 1. The molecule has 2 amide bonds. The highest BCUT2D eigenvalue weighted by Crippen LogP contribution is 2.33. The molecule has 0 saturated carbocycles. The van der Waals surface area contributed by atoms with Gasteiger partial charge in [-0.05, 0) is 43.5 Å². The molecule has 30 heavy (non-hydrogen) atoms. The predicted octanol–water partition coefficient (Wildman–Crippen LogP) is 2.95. The van der Waals surface area contributed by atoms with Gasteiger partial charge in [0.25, 0.3) is 11.6 Å². The summed E-state index contributed by atoms with van der Waals surface area (Å²) in [6, 6.07) is 4.97. The fraction of sp³-hybridized carbons (Fsp3) is 0.368. The van der Waals surface area contributed by atoms with Gasteiger partial charge in [0.2, 0.25) is 5.91 Å². The Bertz CT molecular complexity index is 885. The normalized spacial score (nSPS) is 16.0. The highest BCUT2D eigenvalue weighted by molar-refractivity contribution is 8.26. The van der Waals surface area contributed by atoms with Crippen molar-refractivity contribution in [2.24, 2.45) is 0 Å². The van der Waals surface area contributed by atoms with Gasteiger partial charge < -0.3 is 10.4 Å². The second kappa shape index (κ2) is 10.8. The Morgan fingerprint density at radius 2 is 1.97 bits per heavy atom. The standard InChI is InChI=1S/C19H21N3O6S2/c1-12(18(25)26)20-16(23)5-3-2-4-10-21-17(24)15(30-19(21)29)11-13-6-8-14(9-7-13)22(27)28/h6-9,11-12H,2-5,10H2,1H3,(H,20,23)(H,25,26)/b15-11-. The quantitative estimate of drug-likeness (QED) is 0.183. The maximum atomic E-state index is 12.6. The molecule has 1 aromatic carbocycles. The van der Waals surface area contributed by atoms with Gasteiger partial charge in [0.1, 0.15) is 10.4 Å². The van der Waals surface area contributed by atoms with E-state index in [-0.39, 0.29) is 23.9 Å². The summed E-state index contributed by atoms with van der Waals surface area (Å²) in [6.07, 6.45) is 3.78. The molecule has 11 heteroatoms. The first-order chi connectivity index (χ1) is 14.2. The summed E-state index contributed by atoms with van der Waals surface area (Å²) in [5.74, 6) is -1.61. The van der Waals surface area contributed by atoms with Crippen LogP contribution in [0, 0.1) is 10.1 Å². The number of aliphatic carboxylic acids is 1. The molecule has 1 aliphatic rings. The predicted molar refractivity (Wildman–Crippen MR) is 117 cm³/mol. The van der Waals surface area contributed by atoms with E-state index in [4.69, 9.17) is 17.3 Å². The number of carboxylic acid groups (broad SMARTS) is 1. The van der Waals surface area contributed by atoms with E-state index in [9.17, 15) is 24.5 Å². The molecule has 1 saturated heterocycles. The SMILES string of the molecule is CC(NC(=O)CCCCCN1C(=O)/C(=C/c2ccc([N+](=O)[O-])cc2)SC1=S)C(=O)O. The van der Waals surface area contributed by atoms with Crippen LogP contribution in [-0.4, -0.2) is 49.6 Å². The van der Waals surface area contributed by atoms with E-state index in [1.165, 1.54) is 35.7 Å². The number of hydrogen-bond donors (Lipinski definition) is 2. The minimum Gasteiger partial charge on any atom is -0.480 e. The second-order valence-corrected chi connectivity index (χ2v) is 8.30. The molecule has 160 valence electrons. The van der Waals surface area contributed by atoms with Crippen LogP contribution in [0.1, 0.15) is 38.2 Å². The van der Waals surface area contributed by atoms with Crippen molar-refractivity contribution in [1.82, 2.24) is 10.2 Å². The van der Waals surface area contributed by atoms with Crippen LogP contribution in [-0.2, 0) is 14.4 Å². The zero-order valence-electron chi connectivity index (χ0n) is 16.2. The van der Waals surface area contributed by atoms with Gasteiger partial charge in [-0.2, -0.15) is 0 Å². The zero-order valence-corrected chi connectivity index (χ0v) is 17.8. The van der Waals surface area contributed by atoms with Crippen LogP contribution < -0.4 is 5.32 Å². The van der Waals surface area contributed by atoms with Crippen molar-refractivity contribution in [2.45, 2.75) is 38.6 Å². The summed E-state index contributed by atoms with van der Waals surface area (Å²) in [5, 5.41) is 21.9. The number of unbranched alkanes of at least 4 members (excludes halogenated alkanes) is 2. The van der Waals surface area contributed by atoms with Crippen molar-refractivity contribution in [3.8, 4) is 0 Å². The van der Waals surface area contributed by atoms with Gasteiger partial charge in [0.15, 0.2) is 0 Å². The summed E-state index contributed by atoms with van der Waals surface area (Å²) >= 11 is 6.46. The molecule has 0 radical (unpaired) electrons. The number of rotatable bonds is 10. The van der Waals surface area contributed by atoms with Gasteiger partial charge in [-0.15, -0.1) is 0 Å². The van der Waals surface area contributed by atoms with Crippen LogP contribution >= 0.6 is 24.0 Å². The molecule has 0 spiro atoms. The fourth-order valence-corrected chi connectivity index (χ4v) is 3.95. The number of thiocarbonyl (C=S) groups is 1. The lowest BCUT2D eigenvalue weighted by Crippen LogP contribution is -2.38. The largest absolute Gasteiger partial charge is 0.480 e. The van der Waals surface area contributed by atoms with E-state index in [2.05, 4.69) is 5.32 Å². The number of non-ortho nitro benzene ring substituents is 1. The molecule has 1 heterocycles. The van der Waals surface area contributed by atoms with Gasteiger partial charge in [-0.3, -0.25) is 29.4 Å². The van der Waals surface area contributed by atoms with E-state index in [0.29, 0.717) is 40.6 Å². The molecule has 0 aliphatic carbocycles. The molecule has 0 aromatic heterocycles. The molecule has 0 bridgehead atoms. The van der Waals surface area contributed by atoms with Crippen molar-refractivity contribution < 1.29 is 24.4 Å². The minimum atomic E-state index is -1.08. The van der Waals surface area contributed by atoms with Gasteiger partial charge in [-0.25, -0.2) is 0 Å². The molecule has 1 atom stereocenters. The summed E-state index contributed by atoms with van der Waals surface area (Å²) in [5.41, 5.74) is 0.647. The summed E-state index contributed by atoms with van der Waals surface area (Å²) in [4.78, 5) is 47.1. The number of nitro benzene ring substituents is 1. The zero-order chi connectivity index (χ0) is 22.3. The number of nitrogens with one attached hydrogen (secondary N) is 1. The van der Waals surface area contributed by atoms with Gasteiger partial charge >= 0.3 is 5.97 Å². The maximum Gasteiger partial charge on any atom is 0.325 e. The third-order valence-electron chi connectivity index (χ3n) is 4.31. The Labute approximate surface area is 182 Å². The molecule has 2 N–H and O–H groups in total. The molecule has 2 rings (SSSR count). The molecule has 1 fully saturated rings. The van der Waals surface area contributed by atoms with Crippen LogP contribution in [0.5, 0.6) is 0 Å². The number of hydrogen-bond acceptors (Lipinski definition) is 7. The van der Waals surface area contributed by atoms with E-state index in [1.807, 2.05) is 0 Å². The Balaban J connectivity index is 1.80. The lowest BCUT2D eigenvalue weighted by atomic mass is 10.1. The first-order valence-electron chi connectivity index (χ1n) is 9.21. The molecule has 1 unspecified atom stereocenters. The van der Waals surface area contributed by atoms with Crippen LogP contribution in [0.4, 0.5) is 5.69 Å². The number of benzene rings is 1. The Hall–Kier alpha value is -2.79. The first kappa shape index (κ1) is 23.5. The van der Waals surface area contributed by atoms with Gasteiger partial charge in [0.05, 0.1) is 9.83 Å². The van der Waals surface area contributed by atoms with E-state index < -0.39 is 16.9 Å². The van der Waals surface area contributed by atoms with Crippen molar-refractivity contribution in [3.63, 3.8) is 0 Å². The minimum absolute atomic E-state index is 0.0224. The van der Waals surface area contributed by atoms with Crippen LogP contribution in [0.25, 0.3) is 6.08 Å². The number of carbonyl (C=O) groups excluding carboxylic acids is 2. The number of nitro groups is 1. The lowest BCUT2D eigenvalue weighted by Gasteiger charge is -2.14. The second-order valence-electron chi connectivity index (χ2n) is 6.62. The highest BCUT2D eigenvalue weighted by Gasteiger charge is 2.31. The number of thioether (sulfide) groups is 1. The van der Waals surface area contributed by atoms with Crippen LogP contribution in [0.15, 0.2) is 29.2 Å². The molecule has 1 aliphatic heterocycles. The summed E-state index contributed by atoms with van der Waals surface area (Å²) in [6.45, 7) is 1.83. The van der Waals surface area contributed by atoms with Crippen molar-refractivity contribution in [3.05, 3.63) is 44.8 Å². The maximum absolute atomic E-state index is 12.6. The van der Waals surface area contributed by atoms with Gasteiger partial charge in [-0.1, -0.05) is 30.4 Å². The Morgan fingerprint density at radius 3 is 2.57 bits per heavy atom. The monoisotopic (exact) mass is 451 g/mol. The van der Waals surface area contributed by atoms with Crippen molar-refractivity contribution in [1.29, 1.82) is 0 Å². The average molecular weight is 452 g/mol. The smallest absolute Gasteiger partial charge is 0.325 e. The number of amides is 2. The summed E-state index contributed by atoms with van der Waals surface area (Å²) < 4.78 is 0.446. The fourth-order valence-electron chi connectivity index (χ4n) is 2.64. The van der Waals surface area contributed by atoms with Crippen molar-refractivity contribution in [2.75, 3.05) is 6.54 Å². The van der Waals surface area contributed by atoms with Crippen LogP contribution in [0.2, 0.25) is 0 Å². The molecule has 9 nitrogen and oxygen atoms in total. The summed E-state index contributed by atoms with van der Waals surface area (Å²) in [7, 11) is 0. The van der Waals surface area contributed by atoms with Crippen LogP contribution in [0.3, 0.4) is 0 Å². The van der Waals surface area contributed by atoms with Crippen molar-refractivity contribution >= 4 is 57.8 Å². The average Bonchev–Trinajstić information content (AvgIpc) is 2.95. The lowest BCUT2D eigenvalue weighted by molar-refractivity contribution is -0.384. The first-order valence-corrected chi connectivity index (χ1v) is 10.4. The molecule has 1 aromatic rings. The number of carbonyl (C=O) groups is 3. The third-order valence-corrected chi connectivity index (χ3v) is 5.69. The molecular formula is C19H21N3O6S2. The highest BCUT2D eigenvalue weighted by atomic mass is 32.2. The number of nitrogens with zero attached hydrogens (tertiary/aromatic N) is 2. The van der Waals surface area contributed by atoms with Gasteiger partial charge in [0, 0.05) is 25.1 Å². The Morgan fingerprint density at radius 1 is 1.30 bits per heavy atom. The Kier molecular flexibility index (Phi) is 8.48. The topological polar surface area (TPSA) is 130 Å². The third kappa shape index (κ3) is 6.63.